The SMILES string of the molecule is O=C(COc1ccc(Cl)cc1Cl)O/N=C/c1cccnc1. The van der Waals surface area contributed by atoms with Gasteiger partial charge in [0.25, 0.3) is 0 Å². The van der Waals surface area contributed by atoms with Crippen molar-refractivity contribution in [1.82, 2.24) is 4.98 Å². The van der Waals surface area contributed by atoms with Crippen LogP contribution in [-0.2, 0) is 9.63 Å². The zero-order valence-corrected chi connectivity index (χ0v) is 12.2. The summed E-state index contributed by atoms with van der Waals surface area (Å²) in [5.74, 6) is -0.310. The third-order valence-electron chi connectivity index (χ3n) is 2.28. The molecule has 0 aliphatic heterocycles. The Morgan fingerprint density at radius 3 is 2.90 bits per heavy atom. The fourth-order valence-corrected chi connectivity index (χ4v) is 1.82. The third kappa shape index (κ3) is 5.06. The third-order valence-corrected chi connectivity index (χ3v) is 2.81. The van der Waals surface area contributed by atoms with Gasteiger partial charge in [0.15, 0.2) is 6.61 Å². The van der Waals surface area contributed by atoms with Crippen LogP contribution in [0.3, 0.4) is 0 Å². The number of aromatic nitrogens is 1. The van der Waals surface area contributed by atoms with Crippen molar-refractivity contribution in [3.63, 3.8) is 0 Å². The highest BCUT2D eigenvalue weighted by Gasteiger charge is 2.07. The molecular weight excluding hydrogens is 315 g/mol. The second kappa shape index (κ2) is 7.61. The maximum atomic E-state index is 11.4. The molecule has 1 aromatic heterocycles. The molecule has 0 saturated carbocycles. The Balaban J connectivity index is 1.81. The Morgan fingerprint density at radius 2 is 2.19 bits per heavy atom. The molecular formula is C14H10Cl2N2O3. The summed E-state index contributed by atoms with van der Waals surface area (Å²) < 4.78 is 5.20. The Morgan fingerprint density at radius 1 is 1.33 bits per heavy atom. The number of pyridine rings is 1. The zero-order valence-electron chi connectivity index (χ0n) is 10.7. The molecule has 0 radical (unpaired) electrons. The predicted octanol–water partition coefficient (Wildman–Crippen LogP) is 3.34. The monoisotopic (exact) mass is 324 g/mol. The lowest BCUT2D eigenvalue weighted by molar-refractivity contribution is -0.145. The molecule has 1 heterocycles. The predicted molar refractivity (Wildman–Crippen MR) is 79.9 cm³/mol. The Hall–Kier alpha value is -2.11. The van der Waals surface area contributed by atoms with Gasteiger partial charge in [0.2, 0.25) is 0 Å². The molecule has 0 bridgehead atoms. The molecule has 0 aliphatic rings. The van der Waals surface area contributed by atoms with Crippen molar-refractivity contribution >= 4 is 35.4 Å². The van der Waals surface area contributed by atoms with Crippen LogP contribution in [0, 0.1) is 0 Å². The molecule has 0 spiro atoms. The Labute approximate surface area is 131 Å². The normalized spacial score (nSPS) is 10.6. The van der Waals surface area contributed by atoms with E-state index in [0.717, 1.165) is 0 Å². The number of benzene rings is 1. The number of hydrogen-bond donors (Lipinski definition) is 0. The number of rotatable bonds is 5. The lowest BCUT2D eigenvalue weighted by atomic mass is 10.3. The van der Waals surface area contributed by atoms with Crippen molar-refractivity contribution in [2.75, 3.05) is 6.61 Å². The van der Waals surface area contributed by atoms with Crippen LogP contribution in [-0.4, -0.2) is 23.8 Å². The van der Waals surface area contributed by atoms with Gasteiger partial charge in [-0.25, -0.2) is 4.79 Å². The second-order valence-corrected chi connectivity index (χ2v) is 4.69. The summed E-state index contributed by atoms with van der Waals surface area (Å²) in [5.41, 5.74) is 0.715. The van der Waals surface area contributed by atoms with Crippen molar-refractivity contribution in [3.05, 3.63) is 58.3 Å². The van der Waals surface area contributed by atoms with Crippen molar-refractivity contribution in [3.8, 4) is 5.75 Å². The number of ether oxygens (including phenoxy) is 1. The van der Waals surface area contributed by atoms with Gasteiger partial charge in [-0.1, -0.05) is 34.4 Å². The average molecular weight is 325 g/mol. The topological polar surface area (TPSA) is 60.8 Å². The van der Waals surface area contributed by atoms with Crippen LogP contribution in [0.25, 0.3) is 0 Å². The van der Waals surface area contributed by atoms with Crippen LogP contribution in [0.5, 0.6) is 5.75 Å². The maximum absolute atomic E-state index is 11.4. The summed E-state index contributed by atoms with van der Waals surface area (Å²) in [6, 6.07) is 8.21. The van der Waals surface area contributed by atoms with E-state index in [1.165, 1.54) is 12.3 Å². The van der Waals surface area contributed by atoms with E-state index in [4.69, 9.17) is 27.9 Å². The molecule has 5 nitrogen and oxygen atoms in total. The zero-order chi connectivity index (χ0) is 15.1. The van der Waals surface area contributed by atoms with Crippen LogP contribution in [0.4, 0.5) is 0 Å². The fraction of sp³-hybridized carbons (Fsp3) is 0.0714. The van der Waals surface area contributed by atoms with Crippen molar-refractivity contribution in [1.29, 1.82) is 0 Å². The standard InChI is InChI=1S/C14H10Cl2N2O3/c15-11-3-4-13(12(16)6-11)20-9-14(19)21-18-8-10-2-1-5-17-7-10/h1-8H,9H2/b18-8+. The minimum Gasteiger partial charge on any atom is -0.480 e. The highest BCUT2D eigenvalue weighted by atomic mass is 35.5. The summed E-state index contributed by atoms with van der Waals surface area (Å²) in [6.07, 6.45) is 4.59. The number of carbonyl (C=O) groups excluding carboxylic acids is 1. The molecule has 108 valence electrons. The molecule has 0 fully saturated rings. The summed E-state index contributed by atoms with van der Waals surface area (Å²) in [4.78, 5) is 20.0. The summed E-state index contributed by atoms with van der Waals surface area (Å²) in [5, 5.41) is 4.34. The van der Waals surface area contributed by atoms with Crippen molar-refractivity contribution in [2.24, 2.45) is 5.16 Å². The van der Waals surface area contributed by atoms with E-state index in [1.54, 1.807) is 36.7 Å². The lowest BCUT2D eigenvalue weighted by Crippen LogP contribution is -2.12. The van der Waals surface area contributed by atoms with Gasteiger partial charge in [0, 0.05) is 23.0 Å². The number of nitrogens with zero attached hydrogens (tertiary/aromatic N) is 2. The summed E-state index contributed by atoms with van der Waals surface area (Å²) >= 11 is 11.6. The van der Waals surface area contributed by atoms with Gasteiger partial charge in [-0.05, 0) is 24.3 Å². The van der Waals surface area contributed by atoms with Gasteiger partial charge in [0.05, 0.1) is 11.2 Å². The molecule has 0 atom stereocenters. The largest absolute Gasteiger partial charge is 0.480 e. The highest BCUT2D eigenvalue weighted by Crippen LogP contribution is 2.27. The Bertz CT molecular complexity index is 648. The first kappa shape index (κ1) is 15.3. The molecule has 0 saturated heterocycles. The molecule has 0 aliphatic carbocycles. The van der Waals surface area contributed by atoms with Crippen molar-refractivity contribution in [2.45, 2.75) is 0 Å². The Kier molecular flexibility index (Phi) is 5.54. The molecule has 0 N–H and O–H groups in total. The van der Waals surface area contributed by atoms with E-state index in [9.17, 15) is 4.79 Å². The number of hydrogen-bond acceptors (Lipinski definition) is 5. The van der Waals surface area contributed by atoms with Gasteiger partial charge >= 0.3 is 5.97 Å². The van der Waals surface area contributed by atoms with Crippen LogP contribution in [0.2, 0.25) is 10.0 Å². The number of carbonyl (C=O) groups is 1. The van der Waals surface area contributed by atoms with Crippen LogP contribution in [0.15, 0.2) is 47.9 Å². The first-order valence-electron chi connectivity index (χ1n) is 5.86. The minimum atomic E-state index is -0.652. The number of halogens is 2. The first-order chi connectivity index (χ1) is 10.1. The van der Waals surface area contributed by atoms with E-state index in [0.29, 0.717) is 21.4 Å². The molecule has 2 aromatic rings. The maximum Gasteiger partial charge on any atom is 0.372 e. The summed E-state index contributed by atoms with van der Waals surface area (Å²) in [7, 11) is 0. The molecule has 7 heteroatoms. The fourth-order valence-electron chi connectivity index (χ4n) is 1.35. The van der Waals surface area contributed by atoms with Gasteiger partial charge < -0.3 is 9.57 Å². The van der Waals surface area contributed by atoms with Gasteiger partial charge in [-0.3, -0.25) is 4.98 Å². The minimum absolute atomic E-state index is 0.314. The molecule has 1 aromatic carbocycles. The first-order valence-corrected chi connectivity index (χ1v) is 6.62. The van der Waals surface area contributed by atoms with E-state index >= 15 is 0 Å². The van der Waals surface area contributed by atoms with Gasteiger partial charge in [0.1, 0.15) is 5.75 Å². The lowest BCUT2D eigenvalue weighted by Gasteiger charge is -2.06. The molecule has 0 unspecified atom stereocenters. The summed E-state index contributed by atoms with van der Waals surface area (Å²) in [6.45, 7) is -0.314. The molecule has 2 rings (SSSR count). The smallest absolute Gasteiger partial charge is 0.372 e. The highest BCUT2D eigenvalue weighted by molar-refractivity contribution is 6.35. The van der Waals surface area contributed by atoms with Crippen LogP contribution < -0.4 is 4.74 Å². The van der Waals surface area contributed by atoms with Crippen LogP contribution >= 0.6 is 23.2 Å². The van der Waals surface area contributed by atoms with Crippen molar-refractivity contribution < 1.29 is 14.4 Å². The quantitative estimate of drug-likeness (QED) is 0.480. The van der Waals surface area contributed by atoms with E-state index in [2.05, 4.69) is 15.0 Å². The second-order valence-electron chi connectivity index (χ2n) is 3.85. The van der Waals surface area contributed by atoms with Gasteiger partial charge in [-0.15, -0.1) is 0 Å². The van der Waals surface area contributed by atoms with E-state index in [-0.39, 0.29) is 6.61 Å². The molecule has 0 amide bonds. The van der Waals surface area contributed by atoms with E-state index < -0.39 is 5.97 Å². The van der Waals surface area contributed by atoms with Gasteiger partial charge in [-0.2, -0.15) is 0 Å². The average Bonchev–Trinajstić information content (AvgIpc) is 2.47. The van der Waals surface area contributed by atoms with Crippen LogP contribution in [0.1, 0.15) is 5.56 Å². The molecule has 21 heavy (non-hydrogen) atoms. The van der Waals surface area contributed by atoms with E-state index in [1.807, 2.05) is 0 Å². The number of oxime groups is 1.